The van der Waals surface area contributed by atoms with E-state index < -0.39 is 52.5 Å². The summed E-state index contributed by atoms with van der Waals surface area (Å²) in [6.07, 6.45) is 1.19. The molecule has 2 aromatic carbocycles. The normalized spacial score (nSPS) is 14.8. The highest BCUT2D eigenvalue weighted by Crippen LogP contribution is 2.45. The summed E-state index contributed by atoms with van der Waals surface area (Å²) in [4.78, 5) is 26.6. The molecule has 2 aromatic rings. The minimum Gasteiger partial charge on any atom is -0.478 e. The minimum atomic E-state index is -1.84. The highest BCUT2D eigenvalue weighted by Gasteiger charge is 2.34. The van der Waals surface area contributed by atoms with Crippen LogP contribution in [-0.2, 0) is 16.0 Å². The molecule has 0 aromatic heterocycles. The number of hydrogen-bond donors (Lipinski definition) is 1. The molecule has 2 fully saturated rings. The van der Waals surface area contributed by atoms with Crippen molar-refractivity contribution in [3.63, 3.8) is 0 Å². The van der Waals surface area contributed by atoms with E-state index in [0.717, 1.165) is 50.1 Å². The van der Waals surface area contributed by atoms with Crippen LogP contribution in [0.4, 0.5) is 18.9 Å². The lowest BCUT2D eigenvalue weighted by Crippen LogP contribution is -2.40. The maximum absolute atomic E-state index is 16.3. The van der Waals surface area contributed by atoms with Crippen LogP contribution in [0.2, 0.25) is 0 Å². The smallest absolute Gasteiger partial charge is 0.339 e. The summed E-state index contributed by atoms with van der Waals surface area (Å²) in [6.45, 7) is 4.94. The number of fused-ring (bicyclic) bond motifs is 2. The summed E-state index contributed by atoms with van der Waals surface area (Å²) >= 11 is 0. The largest absolute Gasteiger partial charge is 0.478 e. The molecular weight excluding hydrogens is 525 g/mol. The topological polar surface area (TPSA) is 83.0 Å². The molecule has 0 radical (unpaired) electrons. The average molecular weight is 552 g/mol. The van der Waals surface area contributed by atoms with E-state index in [2.05, 4.69) is 9.48 Å². The van der Waals surface area contributed by atoms with Gasteiger partial charge in [0.05, 0.1) is 25.5 Å². The number of carbonyl (C=O) groups excluding carboxylic acids is 1. The maximum Gasteiger partial charge on any atom is 0.339 e. The molecule has 0 unspecified atom stereocenters. The van der Waals surface area contributed by atoms with Crippen LogP contribution in [-0.4, -0.2) is 49.8 Å². The first-order valence-electron chi connectivity index (χ1n) is 13.2. The standard InChI is InChI=1S/C30H25F3N2O5/c1-2-39-23(36)15-20-27(31)25(26(30(37)38)29(33)28(20)32)24-18-7-5-16(34-9-3-10-34)13-21(18)40-22-14-17(6-8-19(22)24)35-11-4-12-35/h5-8,13-14H,2-4,9-12,15H2,1H3/p+1. The highest BCUT2D eigenvalue weighted by molar-refractivity contribution is 6.08. The van der Waals surface area contributed by atoms with Crippen LogP contribution >= 0.6 is 0 Å². The Hall–Kier alpha value is -4.34. The molecule has 3 aliphatic heterocycles. The lowest BCUT2D eigenvalue weighted by molar-refractivity contribution is -0.142. The Bertz CT molecular complexity index is 1740. The Morgan fingerprint density at radius 3 is 2.40 bits per heavy atom. The number of nitrogens with zero attached hydrogens (tertiary/aromatic N) is 2. The van der Waals surface area contributed by atoms with Crippen molar-refractivity contribution < 1.29 is 37.0 Å². The number of halogens is 3. The first-order chi connectivity index (χ1) is 19.3. The Morgan fingerprint density at radius 1 is 1.00 bits per heavy atom. The van der Waals surface area contributed by atoms with Crippen LogP contribution in [0, 0.1) is 17.5 Å². The summed E-state index contributed by atoms with van der Waals surface area (Å²) in [5, 5.41) is 11.2. The molecule has 1 aliphatic carbocycles. The van der Waals surface area contributed by atoms with Crippen molar-refractivity contribution in [2.75, 3.05) is 37.7 Å². The molecule has 10 heteroatoms. The molecule has 0 amide bonds. The second kappa shape index (κ2) is 10.0. The number of ether oxygens (including phenoxy) is 1. The molecule has 0 spiro atoms. The molecule has 0 atom stereocenters. The lowest BCUT2D eigenvalue weighted by atomic mass is 9.87. The quantitative estimate of drug-likeness (QED) is 0.160. The number of hydrogen-bond acceptors (Lipinski definition) is 5. The predicted molar refractivity (Wildman–Crippen MR) is 142 cm³/mol. The fraction of sp³-hybridized carbons (Fsp3) is 0.300. The highest BCUT2D eigenvalue weighted by atomic mass is 19.2. The molecule has 0 bridgehead atoms. The zero-order valence-electron chi connectivity index (χ0n) is 21.7. The van der Waals surface area contributed by atoms with Gasteiger partial charge >= 0.3 is 11.9 Å². The Morgan fingerprint density at radius 2 is 1.77 bits per heavy atom. The Kier molecular flexibility index (Phi) is 6.48. The number of carboxylic acid groups (broad SMARTS) is 1. The molecule has 40 heavy (non-hydrogen) atoms. The fourth-order valence-corrected chi connectivity index (χ4v) is 5.34. The van der Waals surface area contributed by atoms with Crippen molar-refractivity contribution in [3.05, 3.63) is 70.3 Å². The van der Waals surface area contributed by atoms with Gasteiger partial charge in [0.2, 0.25) is 5.36 Å². The van der Waals surface area contributed by atoms with Crippen molar-refractivity contribution in [3.8, 4) is 22.5 Å². The van der Waals surface area contributed by atoms with Gasteiger partial charge in [0.15, 0.2) is 11.6 Å². The van der Waals surface area contributed by atoms with E-state index >= 15 is 13.2 Å². The third-order valence-corrected chi connectivity index (χ3v) is 7.63. The van der Waals surface area contributed by atoms with E-state index in [9.17, 15) is 14.7 Å². The number of carbonyl (C=O) groups is 2. The number of anilines is 1. The monoisotopic (exact) mass is 551 g/mol. The van der Waals surface area contributed by atoms with Crippen molar-refractivity contribution >= 4 is 28.6 Å². The predicted octanol–water partition coefficient (Wildman–Crippen LogP) is 4.81. The van der Waals surface area contributed by atoms with Crippen LogP contribution in [0.15, 0.2) is 40.8 Å². The van der Waals surface area contributed by atoms with Gasteiger partial charge in [-0.1, -0.05) is 0 Å². The SMILES string of the molecule is CCOC(=O)Cc1c(F)c(F)c(C(=O)O)c(-c2c3ccc(=[N+]4CCC4)cc-3oc3cc(N4CCC4)ccc23)c1F. The average Bonchev–Trinajstić information content (AvgIpc) is 2.85. The third kappa shape index (κ3) is 4.18. The molecule has 1 N–H and O–H groups in total. The van der Waals surface area contributed by atoms with Crippen LogP contribution in [0.1, 0.15) is 35.7 Å². The molecular formula is C30H26F3N2O5+. The van der Waals surface area contributed by atoms with Crippen LogP contribution in [0.5, 0.6) is 0 Å². The zero-order valence-corrected chi connectivity index (χ0v) is 21.7. The first-order valence-corrected chi connectivity index (χ1v) is 13.2. The van der Waals surface area contributed by atoms with Crippen molar-refractivity contribution in [2.24, 2.45) is 0 Å². The van der Waals surface area contributed by atoms with Gasteiger partial charge in [-0.3, -0.25) is 4.79 Å². The maximum atomic E-state index is 16.3. The van der Waals surface area contributed by atoms with Crippen molar-refractivity contribution in [2.45, 2.75) is 26.2 Å². The summed E-state index contributed by atoms with van der Waals surface area (Å²) in [5.74, 6) is -7.30. The molecule has 206 valence electrons. The first kappa shape index (κ1) is 25.9. The fourth-order valence-electron chi connectivity index (χ4n) is 5.34. The molecule has 0 saturated carbocycles. The second-order valence-electron chi connectivity index (χ2n) is 9.98. The van der Waals surface area contributed by atoms with Crippen LogP contribution in [0.25, 0.3) is 33.4 Å². The molecule has 3 heterocycles. The number of carboxylic acids is 1. The van der Waals surface area contributed by atoms with Gasteiger partial charge in [-0.15, -0.1) is 0 Å². The molecule has 2 saturated heterocycles. The number of rotatable bonds is 6. The zero-order chi connectivity index (χ0) is 28.1. The molecule has 6 rings (SSSR count). The number of esters is 1. The Labute approximate surface area is 227 Å². The summed E-state index contributed by atoms with van der Waals surface area (Å²) in [7, 11) is 0. The van der Waals surface area contributed by atoms with Gasteiger partial charge < -0.3 is 19.2 Å². The summed E-state index contributed by atoms with van der Waals surface area (Å²) in [6, 6.07) is 10.5. The van der Waals surface area contributed by atoms with E-state index in [0.29, 0.717) is 22.3 Å². The third-order valence-electron chi connectivity index (χ3n) is 7.63. The van der Waals surface area contributed by atoms with Gasteiger partial charge in [0.1, 0.15) is 35.8 Å². The number of benzene rings is 3. The molecule has 4 aliphatic rings. The van der Waals surface area contributed by atoms with E-state index in [1.165, 1.54) is 6.92 Å². The van der Waals surface area contributed by atoms with E-state index in [1.807, 2.05) is 0 Å². The van der Waals surface area contributed by atoms with Crippen molar-refractivity contribution in [1.29, 1.82) is 0 Å². The molecule has 7 nitrogen and oxygen atoms in total. The van der Waals surface area contributed by atoms with Crippen LogP contribution in [0.3, 0.4) is 0 Å². The van der Waals surface area contributed by atoms with Gasteiger partial charge in [-0.05, 0) is 31.5 Å². The Balaban J connectivity index is 1.71. The van der Waals surface area contributed by atoms with Gasteiger partial charge in [0, 0.05) is 58.5 Å². The van der Waals surface area contributed by atoms with E-state index in [-0.39, 0.29) is 12.2 Å². The second-order valence-corrected chi connectivity index (χ2v) is 9.98. The van der Waals surface area contributed by atoms with Gasteiger partial charge in [-0.25, -0.2) is 22.5 Å². The van der Waals surface area contributed by atoms with Crippen LogP contribution < -0.4 is 14.8 Å². The van der Waals surface area contributed by atoms with Crippen molar-refractivity contribution in [1.82, 2.24) is 4.58 Å². The minimum absolute atomic E-state index is 0.0421. The lowest BCUT2D eigenvalue weighted by Gasteiger charge is -2.33. The summed E-state index contributed by atoms with van der Waals surface area (Å²) in [5.41, 5.74) is -1.13. The van der Waals surface area contributed by atoms with Gasteiger partial charge in [-0.2, -0.15) is 0 Å². The van der Waals surface area contributed by atoms with E-state index in [4.69, 9.17) is 9.15 Å². The van der Waals surface area contributed by atoms with Gasteiger partial charge in [0.25, 0.3) is 0 Å². The van der Waals surface area contributed by atoms with E-state index in [1.54, 1.807) is 36.4 Å². The number of aromatic carboxylic acids is 1. The summed E-state index contributed by atoms with van der Waals surface area (Å²) < 4.78 is 60.0.